The molecule has 1 aromatic heterocycles. The van der Waals surface area contributed by atoms with E-state index in [9.17, 15) is 0 Å². The quantitative estimate of drug-likeness (QED) is 0.796. The molecule has 0 saturated carbocycles. The van der Waals surface area contributed by atoms with Crippen molar-refractivity contribution in [3.05, 3.63) is 22.3 Å². The van der Waals surface area contributed by atoms with Crippen LogP contribution in [0.4, 0.5) is 0 Å². The van der Waals surface area contributed by atoms with Crippen LogP contribution in [0, 0.1) is 6.92 Å². The van der Waals surface area contributed by atoms with E-state index in [0.717, 1.165) is 23.1 Å². The van der Waals surface area contributed by atoms with E-state index in [1.165, 1.54) is 0 Å². The van der Waals surface area contributed by atoms with Crippen molar-refractivity contribution in [1.82, 2.24) is 4.98 Å². The van der Waals surface area contributed by atoms with Gasteiger partial charge in [0.05, 0.1) is 6.61 Å². The molecule has 0 aromatic carbocycles. The summed E-state index contributed by atoms with van der Waals surface area (Å²) in [5.74, 6) is 0.706. The molecular weight excluding hydrogens is 218 g/mol. The number of hydrogen-bond donors (Lipinski definition) is 0. The lowest BCUT2D eigenvalue weighted by molar-refractivity contribution is 0.305. The Balaban J connectivity index is 2.69. The summed E-state index contributed by atoms with van der Waals surface area (Å²) in [6, 6.07) is 1.93. The highest BCUT2D eigenvalue weighted by molar-refractivity contribution is 9.10. The second-order valence-electron chi connectivity index (χ2n) is 2.62. The first-order valence-electron chi connectivity index (χ1n) is 3.99. The SMILES string of the molecule is CCCOc1cc(C)c(Br)cn1. The molecule has 0 radical (unpaired) electrons. The topological polar surface area (TPSA) is 22.1 Å². The molecule has 0 amide bonds. The number of nitrogens with zero attached hydrogens (tertiary/aromatic N) is 1. The minimum atomic E-state index is 0.706. The predicted molar refractivity (Wildman–Crippen MR) is 52.5 cm³/mol. The Labute approximate surface area is 81.1 Å². The van der Waals surface area contributed by atoms with Crippen molar-refractivity contribution in [1.29, 1.82) is 0 Å². The Hall–Kier alpha value is -0.570. The molecule has 0 N–H and O–H groups in total. The smallest absolute Gasteiger partial charge is 0.213 e. The molecule has 0 spiro atoms. The van der Waals surface area contributed by atoms with E-state index in [4.69, 9.17) is 4.74 Å². The number of aryl methyl sites for hydroxylation is 1. The van der Waals surface area contributed by atoms with Crippen LogP contribution in [-0.2, 0) is 0 Å². The van der Waals surface area contributed by atoms with Crippen LogP contribution in [0.15, 0.2) is 16.7 Å². The average Bonchev–Trinajstić information content (AvgIpc) is 2.07. The van der Waals surface area contributed by atoms with Crippen molar-refractivity contribution in [3.8, 4) is 5.88 Å². The van der Waals surface area contributed by atoms with Crippen LogP contribution in [-0.4, -0.2) is 11.6 Å². The predicted octanol–water partition coefficient (Wildman–Crippen LogP) is 2.94. The van der Waals surface area contributed by atoms with Crippen molar-refractivity contribution in [2.45, 2.75) is 20.3 Å². The van der Waals surface area contributed by atoms with Crippen LogP contribution in [0.25, 0.3) is 0 Å². The second kappa shape index (κ2) is 4.45. The lowest BCUT2D eigenvalue weighted by Crippen LogP contribution is -1.97. The molecule has 1 aromatic rings. The van der Waals surface area contributed by atoms with E-state index in [0.29, 0.717) is 5.88 Å². The highest BCUT2D eigenvalue weighted by Gasteiger charge is 1.98. The first-order chi connectivity index (χ1) is 5.74. The molecular formula is C9H12BrNO. The summed E-state index contributed by atoms with van der Waals surface area (Å²) in [6.45, 7) is 4.82. The van der Waals surface area contributed by atoms with Crippen LogP contribution in [0.1, 0.15) is 18.9 Å². The maximum atomic E-state index is 5.36. The maximum absolute atomic E-state index is 5.36. The summed E-state index contributed by atoms with van der Waals surface area (Å²) in [7, 11) is 0. The Morgan fingerprint density at radius 3 is 2.92 bits per heavy atom. The molecule has 0 aliphatic heterocycles. The summed E-state index contributed by atoms with van der Waals surface area (Å²) >= 11 is 3.38. The molecule has 2 nitrogen and oxygen atoms in total. The van der Waals surface area contributed by atoms with Crippen LogP contribution in [0.2, 0.25) is 0 Å². The molecule has 1 heterocycles. The van der Waals surface area contributed by atoms with Gasteiger partial charge in [0.1, 0.15) is 0 Å². The van der Waals surface area contributed by atoms with Crippen LogP contribution < -0.4 is 4.74 Å². The molecule has 0 aliphatic carbocycles. The lowest BCUT2D eigenvalue weighted by atomic mass is 10.3. The highest BCUT2D eigenvalue weighted by atomic mass is 79.9. The monoisotopic (exact) mass is 229 g/mol. The van der Waals surface area contributed by atoms with Gasteiger partial charge in [-0.15, -0.1) is 0 Å². The van der Waals surface area contributed by atoms with Crippen molar-refractivity contribution in [2.24, 2.45) is 0 Å². The van der Waals surface area contributed by atoms with Gasteiger partial charge in [0.2, 0.25) is 5.88 Å². The number of aromatic nitrogens is 1. The van der Waals surface area contributed by atoms with Crippen molar-refractivity contribution in [2.75, 3.05) is 6.61 Å². The largest absolute Gasteiger partial charge is 0.478 e. The van der Waals surface area contributed by atoms with Crippen LogP contribution in [0.3, 0.4) is 0 Å². The third kappa shape index (κ3) is 2.48. The fourth-order valence-electron chi connectivity index (χ4n) is 0.799. The number of pyridine rings is 1. The van der Waals surface area contributed by atoms with Gasteiger partial charge in [-0.25, -0.2) is 4.98 Å². The van der Waals surface area contributed by atoms with E-state index >= 15 is 0 Å². The maximum Gasteiger partial charge on any atom is 0.213 e. The zero-order valence-corrected chi connectivity index (χ0v) is 8.89. The molecule has 0 aliphatic rings. The fraction of sp³-hybridized carbons (Fsp3) is 0.444. The van der Waals surface area contributed by atoms with Crippen molar-refractivity contribution in [3.63, 3.8) is 0 Å². The van der Waals surface area contributed by atoms with E-state index in [-0.39, 0.29) is 0 Å². The number of ether oxygens (including phenoxy) is 1. The van der Waals surface area contributed by atoms with E-state index in [1.807, 2.05) is 13.0 Å². The molecule has 0 unspecified atom stereocenters. The Morgan fingerprint density at radius 2 is 2.33 bits per heavy atom. The number of halogens is 1. The van der Waals surface area contributed by atoms with Gasteiger partial charge >= 0.3 is 0 Å². The average molecular weight is 230 g/mol. The van der Waals surface area contributed by atoms with Gasteiger partial charge in [0.15, 0.2) is 0 Å². The van der Waals surface area contributed by atoms with Gasteiger partial charge in [-0.1, -0.05) is 6.92 Å². The summed E-state index contributed by atoms with van der Waals surface area (Å²) in [4.78, 5) is 4.11. The van der Waals surface area contributed by atoms with Gasteiger partial charge in [0, 0.05) is 16.7 Å². The molecule has 0 saturated heterocycles. The van der Waals surface area contributed by atoms with Gasteiger partial charge in [-0.2, -0.15) is 0 Å². The minimum absolute atomic E-state index is 0.706. The Morgan fingerprint density at radius 1 is 1.58 bits per heavy atom. The number of rotatable bonds is 3. The summed E-state index contributed by atoms with van der Waals surface area (Å²) in [6.07, 6.45) is 2.77. The first-order valence-corrected chi connectivity index (χ1v) is 4.78. The number of hydrogen-bond acceptors (Lipinski definition) is 2. The van der Waals surface area contributed by atoms with E-state index < -0.39 is 0 Å². The summed E-state index contributed by atoms with van der Waals surface area (Å²) < 4.78 is 6.38. The lowest BCUT2D eigenvalue weighted by Gasteiger charge is -2.04. The summed E-state index contributed by atoms with van der Waals surface area (Å²) in [5.41, 5.74) is 1.15. The molecule has 1 rings (SSSR count). The van der Waals surface area contributed by atoms with Gasteiger partial charge in [0.25, 0.3) is 0 Å². The molecule has 12 heavy (non-hydrogen) atoms. The third-order valence-electron chi connectivity index (χ3n) is 1.48. The molecule has 0 atom stereocenters. The van der Waals surface area contributed by atoms with Gasteiger partial charge in [-0.3, -0.25) is 0 Å². The van der Waals surface area contributed by atoms with E-state index in [2.05, 4.69) is 27.8 Å². The Bertz CT molecular complexity index is 263. The first kappa shape index (κ1) is 9.52. The zero-order valence-electron chi connectivity index (χ0n) is 7.30. The summed E-state index contributed by atoms with van der Waals surface area (Å²) in [5, 5.41) is 0. The van der Waals surface area contributed by atoms with Crippen LogP contribution >= 0.6 is 15.9 Å². The molecule has 0 fully saturated rings. The molecule has 3 heteroatoms. The third-order valence-corrected chi connectivity index (χ3v) is 2.31. The van der Waals surface area contributed by atoms with Gasteiger partial charge in [-0.05, 0) is 34.8 Å². The normalized spacial score (nSPS) is 9.92. The van der Waals surface area contributed by atoms with Crippen molar-refractivity contribution >= 4 is 15.9 Å². The second-order valence-corrected chi connectivity index (χ2v) is 3.47. The van der Waals surface area contributed by atoms with Crippen molar-refractivity contribution < 1.29 is 4.74 Å². The van der Waals surface area contributed by atoms with Gasteiger partial charge < -0.3 is 4.74 Å². The van der Waals surface area contributed by atoms with E-state index in [1.54, 1.807) is 6.20 Å². The zero-order chi connectivity index (χ0) is 8.97. The highest BCUT2D eigenvalue weighted by Crippen LogP contribution is 2.18. The Kier molecular flexibility index (Phi) is 3.53. The molecule has 66 valence electrons. The standard InChI is InChI=1S/C9H12BrNO/c1-3-4-12-9-5-7(2)8(10)6-11-9/h5-6H,3-4H2,1-2H3. The minimum Gasteiger partial charge on any atom is -0.478 e. The fourth-order valence-corrected chi connectivity index (χ4v) is 1.02. The van der Waals surface area contributed by atoms with Crippen LogP contribution in [0.5, 0.6) is 5.88 Å². The molecule has 0 bridgehead atoms.